The van der Waals surface area contributed by atoms with E-state index in [1.807, 2.05) is 44.2 Å². The van der Waals surface area contributed by atoms with Gasteiger partial charge in [-0.3, -0.25) is 0 Å². The van der Waals surface area contributed by atoms with Gasteiger partial charge in [-0.2, -0.15) is 0 Å². The molecule has 2 nitrogen and oxygen atoms in total. The monoisotopic (exact) mass is 343 g/mol. The van der Waals surface area contributed by atoms with Gasteiger partial charge in [-0.1, -0.05) is 49.4 Å². The highest BCUT2D eigenvalue weighted by Crippen LogP contribution is 2.39. The van der Waals surface area contributed by atoms with Gasteiger partial charge in [-0.25, -0.2) is 4.39 Å². The van der Waals surface area contributed by atoms with Gasteiger partial charge in [0.2, 0.25) is 0 Å². The molecule has 0 spiro atoms. The molecule has 0 aliphatic heterocycles. The van der Waals surface area contributed by atoms with Crippen LogP contribution in [0.5, 0.6) is 0 Å². The molecule has 0 saturated carbocycles. The third kappa shape index (κ3) is 5.94. The lowest BCUT2D eigenvalue weighted by molar-refractivity contribution is 0.0399. The molecule has 0 radical (unpaired) electrons. The zero-order valence-corrected chi connectivity index (χ0v) is 15.6. The van der Waals surface area contributed by atoms with Crippen molar-refractivity contribution in [1.29, 1.82) is 0 Å². The van der Waals surface area contributed by atoms with E-state index in [2.05, 4.69) is 24.4 Å². The van der Waals surface area contributed by atoms with E-state index in [1.54, 1.807) is 0 Å². The minimum atomic E-state index is -0.774. The zero-order chi connectivity index (χ0) is 18.3. The minimum Gasteiger partial charge on any atom is -0.390 e. The molecule has 1 atom stereocenters. The second-order valence-electron chi connectivity index (χ2n) is 7.54. The van der Waals surface area contributed by atoms with E-state index in [1.165, 1.54) is 17.7 Å². The highest BCUT2D eigenvalue weighted by Gasteiger charge is 2.35. The van der Waals surface area contributed by atoms with Crippen LogP contribution in [0.4, 0.5) is 4.39 Å². The molecule has 3 heteroatoms. The Morgan fingerprint density at radius 2 is 1.64 bits per heavy atom. The fourth-order valence-corrected chi connectivity index (χ4v) is 3.63. The molecular formula is C22H30FNO. The lowest BCUT2D eigenvalue weighted by Crippen LogP contribution is -2.38. The normalized spacial score (nSPS) is 14.3. The van der Waals surface area contributed by atoms with E-state index in [-0.39, 0.29) is 11.2 Å². The lowest BCUT2D eigenvalue weighted by Gasteiger charge is -2.38. The Morgan fingerprint density at radius 3 is 2.20 bits per heavy atom. The van der Waals surface area contributed by atoms with Gasteiger partial charge in [-0.15, -0.1) is 0 Å². The summed E-state index contributed by atoms with van der Waals surface area (Å²) in [7, 11) is 0. The smallest absolute Gasteiger partial charge is 0.123 e. The molecule has 1 unspecified atom stereocenters. The van der Waals surface area contributed by atoms with Gasteiger partial charge in [0.25, 0.3) is 0 Å². The van der Waals surface area contributed by atoms with Crippen LogP contribution < -0.4 is 5.32 Å². The number of hydrogen-bond donors (Lipinski definition) is 2. The Bertz CT molecular complexity index is 633. The van der Waals surface area contributed by atoms with Gasteiger partial charge in [0, 0.05) is 6.54 Å². The fraction of sp³-hybridized carbons (Fsp3) is 0.455. The third-order valence-electron chi connectivity index (χ3n) is 4.86. The molecule has 136 valence electrons. The van der Waals surface area contributed by atoms with Gasteiger partial charge in [0.15, 0.2) is 0 Å². The maximum Gasteiger partial charge on any atom is 0.123 e. The van der Waals surface area contributed by atoms with Crippen LogP contribution in [0.3, 0.4) is 0 Å². The summed E-state index contributed by atoms with van der Waals surface area (Å²) in [4.78, 5) is 0. The molecule has 25 heavy (non-hydrogen) atoms. The molecule has 0 fully saturated rings. The fourth-order valence-electron chi connectivity index (χ4n) is 3.63. The molecule has 0 saturated heterocycles. The van der Waals surface area contributed by atoms with E-state index in [9.17, 15) is 9.50 Å². The number of halogens is 1. The maximum absolute atomic E-state index is 13.3. The van der Waals surface area contributed by atoms with Gasteiger partial charge in [0.1, 0.15) is 5.82 Å². The van der Waals surface area contributed by atoms with Crippen LogP contribution in [0, 0.1) is 5.82 Å². The lowest BCUT2D eigenvalue weighted by atomic mass is 9.69. The van der Waals surface area contributed by atoms with Crippen LogP contribution in [-0.4, -0.2) is 17.3 Å². The third-order valence-corrected chi connectivity index (χ3v) is 4.86. The first kappa shape index (κ1) is 19.6. The first-order valence-corrected chi connectivity index (χ1v) is 9.08. The Balaban J connectivity index is 2.09. The standard InChI is InChI=1S/C22H30FNO/c1-4-22(17-21(2,3)25,19-10-12-20(23)13-11-19)14-15-24-16-18-8-6-5-7-9-18/h5-13,24-25H,4,14-17H2,1-3H3. The summed E-state index contributed by atoms with van der Waals surface area (Å²) in [6.07, 6.45) is 2.44. The summed E-state index contributed by atoms with van der Waals surface area (Å²) >= 11 is 0. The van der Waals surface area contributed by atoms with Crippen molar-refractivity contribution in [3.63, 3.8) is 0 Å². The number of benzene rings is 2. The summed E-state index contributed by atoms with van der Waals surface area (Å²) in [6, 6.07) is 17.1. The van der Waals surface area contributed by atoms with E-state index < -0.39 is 5.60 Å². The van der Waals surface area contributed by atoms with Crippen molar-refractivity contribution in [3.05, 3.63) is 71.5 Å². The second-order valence-corrected chi connectivity index (χ2v) is 7.54. The van der Waals surface area contributed by atoms with E-state index in [0.29, 0.717) is 6.42 Å². The number of nitrogens with one attached hydrogen (secondary N) is 1. The van der Waals surface area contributed by atoms with Crippen molar-refractivity contribution in [2.24, 2.45) is 0 Å². The maximum atomic E-state index is 13.3. The van der Waals surface area contributed by atoms with Crippen LogP contribution in [0.1, 0.15) is 51.2 Å². The first-order valence-electron chi connectivity index (χ1n) is 9.08. The van der Waals surface area contributed by atoms with Crippen LogP contribution in [0.25, 0.3) is 0 Å². The van der Waals surface area contributed by atoms with E-state index in [0.717, 1.165) is 31.5 Å². The van der Waals surface area contributed by atoms with E-state index >= 15 is 0 Å². The Labute approximate surface area is 151 Å². The molecule has 0 bridgehead atoms. The van der Waals surface area contributed by atoms with Crippen molar-refractivity contribution in [2.45, 2.75) is 57.6 Å². The highest BCUT2D eigenvalue weighted by atomic mass is 19.1. The summed E-state index contributed by atoms with van der Waals surface area (Å²) in [6.45, 7) is 7.51. The summed E-state index contributed by atoms with van der Waals surface area (Å²) in [5.41, 5.74) is 1.41. The molecule has 2 rings (SSSR count). The Hall–Kier alpha value is -1.71. The topological polar surface area (TPSA) is 32.3 Å². The Morgan fingerprint density at radius 1 is 1.00 bits per heavy atom. The summed E-state index contributed by atoms with van der Waals surface area (Å²) in [5.74, 6) is -0.223. The van der Waals surface area contributed by atoms with Crippen molar-refractivity contribution in [2.75, 3.05) is 6.54 Å². The van der Waals surface area contributed by atoms with Crippen LogP contribution >= 0.6 is 0 Å². The number of hydrogen-bond acceptors (Lipinski definition) is 2. The van der Waals surface area contributed by atoms with Crippen molar-refractivity contribution < 1.29 is 9.50 Å². The Kier molecular flexibility index (Phi) is 6.74. The predicted molar refractivity (Wildman–Crippen MR) is 102 cm³/mol. The molecule has 0 heterocycles. The molecule has 2 N–H and O–H groups in total. The zero-order valence-electron chi connectivity index (χ0n) is 15.6. The summed E-state index contributed by atoms with van der Waals surface area (Å²) in [5, 5.41) is 13.9. The summed E-state index contributed by atoms with van der Waals surface area (Å²) < 4.78 is 13.3. The number of rotatable bonds is 9. The van der Waals surface area contributed by atoms with Crippen molar-refractivity contribution in [1.82, 2.24) is 5.32 Å². The quantitative estimate of drug-likeness (QED) is 0.640. The molecule has 0 aromatic heterocycles. The van der Waals surface area contributed by atoms with Crippen molar-refractivity contribution in [3.8, 4) is 0 Å². The van der Waals surface area contributed by atoms with Gasteiger partial charge >= 0.3 is 0 Å². The van der Waals surface area contributed by atoms with Gasteiger partial charge < -0.3 is 10.4 Å². The van der Waals surface area contributed by atoms with Crippen molar-refractivity contribution >= 4 is 0 Å². The van der Waals surface area contributed by atoms with Gasteiger partial charge in [-0.05, 0) is 68.3 Å². The SMILES string of the molecule is CCC(CCNCc1ccccc1)(CC(C)(C)O)c1ccc(F)cc1. The molecule has 0 aliphatic rings. The largest absolute Gasteiger partial charge is 0.390 e. The van der Waals surface area contributed by atoms with Crippen LogP contribution in [-0.2, 0) is 12.0 Å². The predicted octanol–water partition coefficient (Wildman–Crippen LogP) is 4.81. The van der Waals surface area contributed by atoms with Crippen LogP contribution in [0.15, 0.2) is 54.6 Å². The highest BCUT2D eigenvalue weighted by molar-refractivity contribution is 5.27. The molecular weight excluding hydrogens is 313 g/mol. The van der Waals surface area contributed by atoms with Gasteiger partial charge in [0.05, 0.1) is 5.60 Å². The molecule has 0 aliphatic carbocycles. The molecule has 0 amide bonds. The molecule has 2 aromatic rings. The molecule has 2 aromatic carbocycles. The second kappa shape index (κ2) is 8.59. The van der Waals surface area contributed by atoms with E-state index in [4.69, 9.17) is 0 Å². The average molecular weight is 343 g/mol. The first-order chi connectivity index (χ1) is 11.8. The minimum absolute atomic E-state index is 0.171. The average Bonchev–Trinajstić information content (AvgIpc) is 2.58. The number of aliphatic hydroxyl groups is 1. The van der Waals surface area contributed by atoms with Crippen LogP contribution in [0.2, 0.25) is 0 Å².